The summed E-state index contributed by atoms with van der Waals surface area (Å²) in [6.45, 7) is 7.51. The fourth-order valence-corrected chi connectivity index (χ4v) is 2.37. The predicted octanol–water partition coefficient (Wildman–Crippen LogP) is 1.04. The first-order chi connectivity index (χ1) is 8.70. The fourth-order valence-electron chi connectivity index (χ4n) is 2.37. The Hall–Kier alpha value is -1.14. The minimum atomic E-state index is 0.481. The Morgan fingerprint density at radius 1 is 1.44 bits per heavy atom. The first kappa shape index (κ1) is 13.3. The summed E-state index contributed by atoms with van der Waals surface area (Å²) in [6, 6.07) is 1.13. The second-order valence-corrected chi connectivity index (χ2v) is 4.99. The zero-order valence-electron chi connectivity index (χ0n) is 11.3. The first-order valence-electron chi connectivity index (χ1n) is 6.49. The molecule has 0 bridgehead atoms. The Kier molecular flexibility index (Phi) is 4.54. The molecule has 0 spiro atoms. The zero-order valence-corrected chi connectivity index (χ0v) is 11.3. The summed E-state index contributed by atoms with van der Waals surface area (Å²) in [7, 11) is 1.68. The van der Waals surface area contributed by atoms with Gasteiger partial charge in [-0.3, -0.25) is 0 Å². The molecule has 2 heterocycles. The number of anilines is 1. The van der Waals surface area contributed by atoms with E-state index < -0.39 is 0 Å². The van der Waals surface area contributed by atoms with Gasteiger partial charge < -0.3 is 19.4 Å². The smallest absolute Gasteiger partial charge is 0.318 e. The lowest BCUT2D eigenvalue weighted by molar-refractivity contribution is 0.198. The van der Waals surface area contributed by atoms with Gasteiger partial charge in [-0.25, -0.2) is 0 Å². The van der Waals surface area contributed by atoms with Gasteiger partial charge in [0.15, 0.2) is 0 Å². The van der Waals surface area contributed by atoms with Crippen molar-refractivity contribution < 1.29 is 9.15 Å². The van der Waals surface area contributed by atoms with Crippen molar-refractivity contribution in [1.29, 1.82) is 0 Å². The fraction of sp³-hybridized carbons (Fsp3) is 0.833. The molecule has 0 radical (unpaired) electrons. The van der Waals surface area contributed by atoms with Crippen LogP contribution in [0.2, 0.25) is 0 Å². The molecule has 6 nitrogen and oxygen atoms in total. The van der Waals surface area contributed by atoms with Crippen LogP contribution in [0.4, 0.5) is 6.01 Å². The second kappa shape index (κ2) is 6.15. The largest absolute Gasteiger partial charge is 0.407 e. The van der Waals surface area contributed by atoms with Crippen molar-refractivity contribution in [2.24, 2.45) is 5.92 Å². The van der Waals surface area contributed by atoms with E-state index in [2.05, 4.69) is 34.3 Å². The van der Waals surface area contributed by atoms with E-state index in [0.29, 0.717) is 37.0 Å². The van der Waals surface area contributed by atoms with Gasteiger partial charge in [-0.1, -0.05) is 12.0 Å². The molecule has 1 aromatic rings. The van der Waals surface area contributed by atoms with Gasteiger partial charge >= 0.3 is 6.01 Å². The monoisotopic (exact) mass is 254 g/mol. The first-order valence-corrected chi connectivity index (χ1v) is 6.49. The van der Waals surface area contributed by atoms with Gasteiger partial charge in [0.05, 0.1) is 13.2 Å². The van der Waals surface area contributed by atoms with E-state index >= 15 is 0 Å². The van der Waals surface area contributed by atoms with Gasteiger partial charge in [-0.05, 0) is 19.3 Å². The Labute approximate surface area is 108 Å². The van der Waals surface area contributed by atoms with Crippen LogP contribution in [0, 0.1) is 5.92 Å². The van der Waals surface area contributed by atoms with Crippen molar-refractivity contribution in [3.05, 3.63) is 5.89 Å². The predicted molar refractivity (Wildman–Crippen MR) is 68.5 cm³/mol. The highest BCUT2D eigenvalue weighted by Crippen LogP contribution is 2.27. The molecule has 2 atom stereocenters. The highest BCUT2D eigenvalue weighted by Gasteiger charge is 2.29. The molecule has 1 aliphatic rings. The Morgan fingerprint density at radius 2 is 2.28 bits per heavy atom. The quantitative estimate of drug-likeness (QED) is 0.765. The van der Waals surface area contributed by atoms with Crippen molar-refractivity contribution in [1.82, 2.24) is 15.5 Å². The molecule has 18 heavy (non-hydrogen) atoms. The molecule has 1 N–H and O–H groups in total. The summed E-state index contributed by atoms with van der Waals surface area (Å²) in [5.74, 6) is 1.32. The lowest BCUT2D eigenvalue weighted by atomic mass is 10.1. The van der Waals surface area contributed by atoms with Crippen molar-refractivity contribution in [2.75, 3.05) is 31.7 Å². The molecule has 1 aliphatic heterocycles. The summed E-state index contributed by atoms with van der Waals surface area (Å²) < 4.78 is 10.6. The number of aromatic nitrogens is 2. The summed E-state index contributed by atoms with van der Waals surface area (Å²) >= 11 is 0. The Morgan fingerprint density at radius 3 is 2.94 bits per heavy atom. The van der Waals surface area contributed by atoms with E-state index in [9.17, 15) is 0 Å². The van der Waals surface area contributed by atoms with E-state index in [-0.39, 0.29) is 0 Å². The van der Waals surface area contributed by atoms with Crippen LogP contribution in [0.25, 0.3) is 0 Å². The van der Waals surface area contributed by atoms with Crippen molar-refractivity contribution >= 4 is 6.01 Å². The summed E-state index contributed by atoms with van der Waals surface area (Å²) in [5, 5.41) is 11.4. The van der Waals surface area contributed by atoms with Crippen LogP contribution >= 0.6 is 0 Å². The molecule has 0 aromatic carbocycles. The standard InChI is InChI=1S/C12H22N4O2/c1-9-6-10(2)16(8-9)12-15-14-11(18-12)7-13-4-5-17-3/h9-10,13H,4-8H2,1-3H3. The molecule has 1 fully saturated rings. The molecule has 102 valence electrons. The normalized spacial score (nSPS) is 23.8. The van der Waals surface area contributed by atoms with Gasteiger partial charge in [-0.2, -0.15) is 0 Å². The number of methoxy groups -OCH3 is 1. The topological polar surface area (TPSA) is 63.4 Å². The molecule has 1 saturated heterocycles. The summed E-state index contributed by atoms with van der Waals surface area (Å²) in [4.78, 5) is 2.19. The summed E-state index contributed by atoms with van der Waals surface area (Å²) in [5.41, 5.74) is 0. The minimum Gasteiger partial charge on any atom is -0.407 e. The maximum absolute atomic E-state index is 5.67. The van der Waals surface area contributed by atoms with Crippen LogP contribution in [-0.2, 0) is 11.3 Å². The third-order valence-electron chi connectivity index (χ3n) is 3.24. The second-order valence-electron chi connectivity index (χ2n) is 4.99. The van der Waals surface area contributed by atoms with E-state index in [1.165, 1.54) is 6.42 Å². The van der Waals surface area contributed by atoms with Crippen LogP contribution in [0.1, 0.15) is 26.2 Å². The number of nitrogens with one attached hydrogen (secondary N) is 1. The lowest BCUT2D eigenvalue weighted by Crippen LogP contribution is -2.26. The minimum absolute atomic E-state index is 0.481. The van der Waals surface area contributed by atoms with Crippen LogP contribution in [0.15, 0.2) is 4.42 Å². The van der Waals surface area contributed by atoms with Crippen LogP contribution in [0.5, 0.6) is 0 Å². The lowest BCUT2D eigenvalue weighted by Gasteiger charge is -2.17. The van der Waals surface area contributed by atoms with Gasteiger partial charge in [0, 0.05) is 26.2 Å². The average molecular weight is 254 g/mol. The van der Waals surface area contributed by atoms with Gasteiger partial charge in [0.2, 0.25) is 5.89 Å². The maximum atomic E-state index is 5.67. The molecule has 2 unspecified atom stereocenters. The van der Waals surface area contributed by atoms with Crippen molar-refractivity contribution in [3.8, 4) is 0 Å². The molecule has 2 rings (SSSR count). The number of hydrogen-bond donors (Lipinski definition) is 1. The van der Waals surface area contributed by atoms with Crippen LogP contribution in [-0.4, -0.2) is 43.0 Å². The van der Waals surface area contributed by atoms with Gasteiger partial charge in [-0.15, -0.1) is 5.10 Å². The summed E-state index contributed by atoms with van der Waals surface area (Å²) in [6.07, 6.45) is 1.18. The third kappa shape index (κ3) is 3.20. The SMILES string of the molecule is COCCNCc1nnc(N2CC(C)CC2C)o1. The molecule has 0 aliphatic carbocycles. The molecule has 0 amide bonds. The van der Waals surface area contributed by atoms with Crippen molar-refractivity contribution in [3.63, 3.8) is 0 Å². The number of ether oxygens (including phenoxy) is 1. The number of nitrogens with zero attached hydrogens (tertiary/aromatic N) is 3. The van der Waals surface area contributed by atoms with E-state index in [4.69, 9.17) is 9.15 Å². The number of hydrogen-bond acceptors (Lipinski definition) is 6. The van der Waals surface area contributed by atoms with E-state index in [0.717, 1.165) is 13.1 Å². The highest BCUT2D eigenvalue weighted by molar-refractivity contribution is 5.28. The third-order valence-corrected chi connectivity index (χ3v) is 3.24. The molecule has 1 aromatic heterocycles. The maximum Gasteiger partial charge on any atom is 0.318 e. The molecular weight excluding hydrogens is 232 g/mol. The van der Waals surface area contributed by atoms with Crippen LogP contribution < -0.4 is 10.2 Å². The molecular formula is C12H22N4O2. The van der Waals surface area contributed by atoms with Crippen molar-refractivity contribution in [2.45, 2.75) is 32.9 Å². The molecule has 0 saturated carbocycles. The zero-order chi connectivity index (χ0) is 13.0. The highest BCUT2D eigenvalue weighted by atomic mass is 16.5. The average Bonchev–Trinajstić information content (AvgIpc) is 2.91. The van der Waals surface area contributed by atoms with Gasteiger partial charge in [0.25, 0.3) is 0 Å². The van der Waals surface area contributed by atoms with E-state index in [1.807, 2.05) is 0 Å². The number of rotatable bonds is 6. The Bertz CT molecular complexity index is 369. The van der Waals surface area contributed by atoms with Crippen LogP contribution in [0.3, 0.4) is 0 Å². The van der Waals surface area contributed by atoms with E-state index in [1.54, 1.807) is 7.11 Å². The van der Waals surface area contributed by atoms with Gasteiger partial charge in [0.1, 0.15) is 0 Å². The molecule has 6 heteroatoms. The Balaban J connectivity index is 1.86.